The van der Waals surface area contributed by atoms with Crippen LogP contribution in [0.3, 0.4) is 0 Å². The SMILES string of the molecule is Nc1c2c(C(F)(F)F)nc(C(F)(F)F)nc2nn1-c1c(Cl)cc(Sc2ccccc2)cc1Cl. The normalized spacial score (nSPS) is 12.5. The molecule has 0 saturated heterocycles. The van der Waals surface area contributed by atoms with Crippen molar-refractivity contribution in [1.82, 2.24) is 19.7 Å². The van der Waals surface area contributed by atoms with Gasteiger partial charge in [-0.2, -0.15) is 26.3 Å². The number of hydrogen-bond donors (Lipinski definition) is 1. The van der Waals surface area contributed by atoms with E-state index in [4.69, 9.17) is 28.9 Å². The molecule has 0 bridgehead atoms. The van der Waals surface area contributed by atoms with Gasteiger partial charge in [0.1, 0.15) is 11.5 Å². The van der Waals surface area contributed by atoms with Gasteiger partial charge in [-0.25, -0.2) is 14.6 Å². The fourth-order valence-corrected chi connectivity index (χ4v) is 4.64. The Morgan fingerprint density at radius 2 is 1.45 bits per heavy atom. The van der Waals surface area contributed by atoms with Crippen molar-refractivity contribution in [1.29, 1.82) is 0 Å². The molecule has 0 aliphatic rings. The molecule has 172 valence electrons. The zero-order chi connectivity index (χ0) is 24.1. The van der Waals surface area contributed by atoms with E-state index in [0.29, 0.717) is 4.90 Å². The molecule has 0 atom stereocenters. The van der Waals surface area contributed by atoms with Crippen LogP contribution in [0.5, 0.6) is 0 Å². The first-order valence-electron chi connectivity index (χ1n) is 8.79. The molecule has 2 N–H and O–H groups in total. The van der Waals surface area contributed by atoms with Crippen molar-refractivity contribution in [3.63, 3.8) is 0 Å². The highest BCUT2D eigenvalue weighted by atomic mass is 35.5. The molecule has 5 nitrogen and oxygen atoms in total. The van der Waals surface area contributed by atoms with Crippen LogP contribution in [0, 0.1) is 0 Å². The van der Waals surface area contributed by atoms with E-state index in [-0.39, 0.29) is 15.7 Å². The summed E-state index contributed by atoms with van der Waals surface area (Å²) in [5.41, 5.74) is 2.95. The molecule has 0 fully saturated rings. The first-order valence-corrected chi connectivity index (χ1v) is 10.4. The summed E-state index contributed by atoms with van der Waals surface area (Å²) >= 11 is 13.9. The van der Waals surface area contributed by atoms with E-state index in [0.717, 1.165) is 9.58 Å². The smallest absolute Gasteiger partial charge is 0.383 e. The van der Waals surface area contributed by atoms with E-state index < -0.39 is 40.7 Å². The number of rotatable bonds is 3. The van der Waals surface area contributed by atoms with E-state index in [9.17, 15) is 26.3 Å². The number of benzene rings is 2. The van der Waals surface area contributed by atoms with E-state index in [1.165, 1.54) is 23.9 Å². The Kier molecular flexibility index (Phi) is 5.87. The van der Waals surface area contributed by atoms with E-state index in [1.54, 1.807) is 0 Å². The second-order valence-electron chi connectivity index (χ2n) is 6.54. The summed E-state index contributed by atoms with van der Waals surface area (Å²) in [4.78, 5) is 7.24. The van der Waals surface area contributed by atoms with E-state index >= 15 is 0 Å². The Hall–Kier alpha value is -2.70. The molecular weight excluding hydrogens is 515 g/mol. The number of nitrogens with zero attached hydrogens (tertiary/aromatic N) is 4. The highest BCUT2D eigenvalue weighted by Gasteiger charge is 2.43. The zero-order valence-electron chi connectivity index (χ0n) is 15.8. The van der Waals surface area contributed by atoms with E-state index in [2.05, 4.69) is 15.1 Å². The van der Waals surface area contributed by atoms with Crippen LogP contribution in [0.4, 0.5) is 32.2 Å². The van der Waals surface area contributed by atoms with Gasteiger partial charge in [-0.3, -0.25) is 0 Å². The molecule has 14 heteroatoms. The van der Waals surface area contributed by atoms with Crippen LogP contribution in [0.25, 0.3) is 16.7 Å². The third-order valence-electron chi connectivity index (χ3n) is 4.27. The number of anilines is 1. The maximum absolute atomic E-state index is 13.5. The third kappa shape index (κ3) is 4.55. The molecule has 0 spiro atoms. The quantitative estimate of drug-likeness (QED) is 0.296. The lowest BCUT2D eigenvalue weighted by Gasteiger charge is -2.12. The van der Waals surface area contributed by atoms with Gasteiger partial charge in [-0.15, -0.1) is 5.10 Å². The first kappa shape index (κ1) is 23.5. The zero-order valence-corrected chi connectivity index (χ0v) is 18.2. The van der Waals surface area contributed by atoms with Gasteiger partial charge in [0.25, 0.3) is 0 Å². The van der Waals surface area contributed by atoms with Crippen LogP contribution in [-0.4, -0.2) is 19.7 Å². The van der Waals surface area contributed by atoms with Crippen molar-refractivity contribution in [2.24, 2.45) is 0 Å². The van der Waals surface area contributed by atoms with Crippen molar-refractivity contribution in [2.75, 3.05) is 5.73 Å². The molecule has 0 saturated carbocycles. The topological polar surface area (TPSA) is 69.6 Å². The summed E-state index contributed by atoms with van der Waals surface area (Å²) in [5, 5.41) is 2.75. The van der Waals surface area contributed by atoms with Gasteiger partial charge in [-0.05, 0) is 24.3 Å². The van der Waals surface area contributed by atoms with Crippen LogP contribution < -0.4 is 5.73 Å². The maximum atomic E-state index is 13.5. The Morgan fingerprint density at radius 1 is 0.848 bits per heavy atom. The third-order valence-corrected chi connectivity index (χ3v) is 5.83. The number of nitrogens with two attached hydrogens (primary N) is 1. The molecule has 0 radical (unpaired) electrons. The molecule has 4 aromatic rings. The molecule has 2 aromatic heterocycles. The van der Waals surface area contributed by atoms with Gasteiger partial charge < -0.3 is 5.73 Å². The predicted octanol–water partition coefficient (Wildman–Crippen LogP) is 6.89. The first-order chi connectivity index (χ1) is 15.4. The predicted molar refractivity (Wildman–Crippen MR) is 112 cm³/mol. The van der Waals surface area contributed by atoms with Gasteiger partial charge in [0.15, 0.2) is 11.3 Å². The lowest BCUT2D eigenvalue weighted by Crippen LogP contribution is -2.17. The summed E-state index contributed by atoms with van der Waals surface area (Å²) in [6, 6.07) is 12.1. The molecular formula is C19H9Cl2F6N5S. The standard InChI is InChI=1S/C19H9Cl2F6N5S/c20-10-6-9(33-8-4-2-1-3-5-8)7-11(21)13(10)32-15(28)12-14(18(22,23)24)29-17(19(25,26)27)30-16(12)31-32/h1-7H,28H2. The number of nitrogen functional groups attached to an aromatic ring is 1. The molecule has 2 heterocycles. The van der Waals surface area contributed by atoms with Crippen molar-refractivity contribution in [2.45, 2.75) is 22.1 Å². The highest BCUT2D eigenvalue weighted by molar-refractivity contribution is 7.99. The Bertz CT molecular complexity index is 1330. The molecule has 4 rings (SSSR count). The highest BCUT2D eigenvalue weighted by Crippen LogP contribution is 2.41. The number of fused-ring (bicyclic) bond motifs is 1. The van der Waals surface area contributed by atoms with E-state index in [1.807, 2.05) is 30.3 Å². The Balaban J connectivity index is 1.89. The molecule has 2 aromatic carbocycles. The summed E-state index contributed by atoms with van der Waals surface area (Å²) in [6.45, 7) is 0. The molecule has 33 heavy (non-hydrogen) atoms. The molecule has 0 aliphatic heterocycles. The minimum absolute atomic E-state index is 0.0435. The minimum atomic E-state index is -5.26. The number of aromatic nitrogens is 4. The fourth-order valence-electron chi connectivity index (χ4n) is 2.94. The van der Waals surface area contributed by atoms with Gasteiger partial charge in [0.2, 0.25) is 5.82 Å². The average molecular weight is 524 g/mol. The fraction of sp³-hybridized carbons (Fsp3) is 0.105. The van der Waals surface area contributed by atoms with Gasteiger partial charge in [-0.1, -0.05) is 53.2 Å². The number of halogens is 8. The van der Waals surface area contributed by atoms with Gasteiger partial charge in [0, 0.05) is 9.79 Å². The van der Waals surface area contributed by atoms with Crippen LogP contribution in [0.1, 0.15) is 11.5 Å². The van der Waals surface area contributed by atoms with Gasteiger partial charge >= 0.3 is 12.4 Å². The lowest BCUT2D eigenvalue weighted by molar-refractivity contribution is -0.151. The molecule has 0 aliphatic carbocycles. The average Bonchev–Trinajstić information content (AvgIpc) is 3.02. The van der Waals surface area contributed by atoms with Crippen LogP contribution in [0.2, 0.25) is 10.0 Å². The Morgan fingerprint density at radius 3 is 2.00 bits per heavy atom. The molecule has 0 amide bonds. The monoisotopic (exact) mass is 523 g/mol. The summed E-state index contributed by atoms with van der Waals surface area (Å²) in [6.07, 6.45) is -10.5. The van der Waals surface area contributed by atoms with Crippen molar-refractivity contribution >= 4 is 51.8 Å². The van der Waals surface area contributed by atoms with Crippen molar-refractivity contribution in [3.8, 4) is 5.69 Å². The largest absolute Gasteiger partial charge is 0.451 e. The summed E-state index contributed by atoms with van der Waals surface area (Å²) < 4.78 is 80.4. The second kappa shape index (κ2) is 8.26. The number of hydrogen-bond acceptors (Lipinski definition) is 5. The van der Waals surface area contributed by atoms with Crippen molar-refractivity contribution in [3.05, 3.63) is 64.0 Å². The van der Waals surface area contributed by atoms with Crippen LogP contribution in [0.15, 0.2) is 52.3 Å². The molecule has 0 unspecified atom stereocenters. The minimum Gasteiger partial charge on any atom is -0.383 e. The lowest BCUT2D eigenvalue weighted by atomic mass is 10.2. The Labute approximate surface area is 195 Å². The summed E-state index contributed by atoms with van der Waals surface area (Å²) in [7, 11) is 0. The van der Waals surface area contributed by atoms with Crippen LogP contribution in [-0.2, 0) is 12.4 Å². The second-order valence-corrected chi connectivity index (χ2v) is 8.50. The summed E-state index contributed by atoms with van der Waals surface area (Å²) in [5.74, 6) is -2.67. The van der Waals surface area contributed by atoms with Gasteiger partial charge in [0.05, 0.1) is 15.4 Å². The number of alkyl halides is 6. The van der Waals surface area contributed by atoms with Crippen LogP contribution >= 0.6 is 35.0 Å². The maximum Gasteiger partial charge on any atom is 0.451 e. The van der Waals surface area contributed by atoms with Crippen molar-refractivity contribution < 1.29 is 26.3 Å².